The summed E-state index contributed by atoms with van der Waals surface area (Å²) in [4.78, 5) is 13.1. The molecule has 0 aliphatic carbocycles. The topological polar surface area (TPSA) is 46.0 Å². The lowest BCUT2D eigenvalue weighted by Gasteiger charge is -2.33. The van der Waals surface area contributed by atoms with Crippen molar-refractivity contribution in [2.75, 3.05) is 7.05 Å². The van der Waals surface area contributed by atoms with Crippen molar-refractivity contribution in [3.8, 4) is 5.69 Å². The Morgan fingerprint density at radius 3 is 1.98 bits per heavy atom. The second kappa shape index (κ2) is 13.0. The summed E-state index contributed by atoms with van der Waals surface area (Å²) in [5.74, 6) is 1.55. The Morgan fingerprint density at radius 2 is 1.15 bits per heavy atom. The molecule has 0 fully saturated rings. The third-order valence-corrected chi connectivity index (χ3v) is 12.7. The van der Waals surface area contributed by atoms with Gasteiger partial charge in [-0.3, -0.25) is 0 Å². The zero-order valence-electron chi connectivity index (χ0n) is 33.2. The van der Waals surface area contributed by atoms with Crippen LogP contribution in [0, 0.1) is 0 Å². The van der Waals surface area contributed by atoms with E-state index in [4.69, 9.17) is 14.4 Å². The van der Waals surface area contributed by atoms with Crippen LogP contribution in [-0.2, 0) is 0 Å². The number of benzene rings is 10. The van der Waals surface area contributed by atoms with Crippen LogP contribution in [0.4, 0.5) is 0 Å². The molecule has 0 bridgehead atoms. The number of para-hydroxylation sites is 1. The fraction of sp³-hybridized carbons (Fsp3) is 0.0357. The maximum absolute atomic E-state index is 7.06. The zero-order chi connectivity index (χ0) is 40.2. The van der Waals surface area contributed by atoms with Crippen LogP contribution in [0.15, 0.2) is 209 Å². The van der Waals surface area contributed by atoms with E-state index in [9.17, 15) is 0 Å². The average molecular weight is 781 g/mol. The van der Waals surface area contributed by atoms with Crippen LogP contribution in [0.3, 0.4) is 0 Å². The van der Waals surface area contributed by atoms with E-state index in [1.54, 1.807) is 0 Å². The second-order valence-corrected chi connectivity index (χ2v) is 16.2. The molecule has 1 atom stereocenters. The molecular formula is C56H36N4O. The lowest BCUT2D eigenvalue weighted by atomic mass is 9.97. The van der Waals surface area contributed by atoms with Gasteiger partial charge < -0.3 is 13.9 Å². The smallest absolute Gasteiger partial charge is 0.159 e. The molecule has 286 valence electrons. The monoisotopic (exact) mass is 780 g/mol. The maximum atomic E-state index is 7.06. The van der Waals surface area contributed by atoms with Gasteiger partial charge in [-0.1, -0.05) is 146 Å². The molecule has 10 aromatic carbocycles. The highest BCUT2D eigenvalue weighted by molar-refractivity contribution is 6.22. The summed E-state index contributed by atoms with van der Waals surface area (Å²) in [7, 11) is 2.11. The molecule has 0 N–H and O–H groups in total. The third-order valence-electron chi connectivity index (χ3n) is 12.7. The van der Waals surface area contributed by atoms with Gasteiger partial charge in [0.15, 0.2) is 12.0 Å². The number of aromatic nitrogens is 1. The van der Waals surface area contributed by atoms with E-state index in [1.165, 1.54) is 43.4 Å². The van der Waals surface area contributed by atoms with Crippen molar-refractivity contribution in [2.45, 2.75) is 6.17 Å². The Morgan fingerprint density at radius 1 is 0.475 bits per heavy atom. The Balaban J connectivity index is 1.06. The molecule has 2 aromatic heterocycles. The minimum Gasteiger partial charge on any atom is -0.456 e. The largest absolute Gasteiger partial charge is 0.456 e. The number of amidine groups is 2. The Labute approximate surface area is 350 Å². The van der Waals surface area contributed by atoms with Gasteiger partial charge in [-0.15, -0.1) is 0 Å². The summed E-state index contributed by atoms with van der Waals surface area (Å²) in [5.41, 5.74) is 8.12. The molecule has 5 nitrogen and oxygen atoms in total. The van der Waals surface area contributed by atoms with Crippen LogP contribution in [0.1, 0.15) is 22.9 Å². The SMILES string of the molecule is CN1C(c2cccc3ccccc23)=NC(c2ccc3ccccc3c2)=NC1c1cc2ccccc2c2c1oc1ccc(-n3c4ccccc4c4cc5ccccc5cc43)cc12. The van der Waals surface area contributed by atoms with Crippen molar-refractivity contribution in [2.24, 2.45) is 9.98 Å². The van der Waals surface area contributed by atoms with Crippen molar-refractivity contribution in [3.63, 3.8) is 0 Å². The van der Waals surface area contributed by atoms with Gasteiger partial charge in [0.1, 0.15) is 17.0 Å². The summed E-state index contributed by atoms with van der Waals surface area (Å²) in [6, 6.07) is 69.5. The van der Waals surface area contributed by atoms with Gasteiger partial charge in [0.2, 0.25) is 0 Å². The van der Waals surface area contributed by atoms with E-state index in [0.717, 1.165) is 71.7 Å². The van der Waals surface area contributed by atoms with E-state index >= 15 is 0 Å². The molecule has 0 saturated heterocycles. The van der Waals surface area contributed by atoms with Crippen molar-refractivity contribution in [1.82, 2.24) is 9.47 Å². The predicted molar refractivity (Wildman–Crippen MR) is 255 cm³/mol. The Kier molecular flexibility index (Phi) is 7.22. The predicted octanol–water partition coefficient (Wildman–Crippen LogP) is 14.1. The van der Waals surface area contributed by atoms with Gasteiger partial charge in [0, 0.05) is 51.0 Å². The molecule has 5 heteroatoms. The summed E-state index contributed by atoms with van der Waals surface area (Å²) < 4.78 is 9.47. The summed E-state index contributed by atoms with van der Waals surface area (Å²) in [6.45, 7) is 0. The van der Waals surface area contributed by atoms with Crippen LogP contribution in [0.2, 0.25) is 0 Å². The van der Waals surface area contributed by atoms with Crippen LogP contribution >= 0.6 is 0 Å². The Bertz CT molecular complexity index is 3860. The highest BCUT2D eigenvalue weighted by Crippen LogP contribution is 2.44. The van der Waals surface area contributed by atoms with Crippen LogP contribution in [-0.4, -0.2) is 28.2 Å². The van der Waals surface area contributed by atoms with Gasteiger partial charge in [-0.05, 0) is 91.6 Å². The zero-order valence-corrected chi connectivity index (χ0v) is 33.2. The van der Waals surface area contributed by atoms with E-state index in [2.05, 4.69) is 211 Å². The second-order valence-electron chi connectivity index (χ2n) is 16.2. The van der Waals surface area contributed by atoms with E-state index < -0.39 is 6.17 Å². The molecule has 12 aromatic rings. The summed E-state index contributed by atoms with van der Waals surface area (Å²) in [6.07, 6.45) is -0.439. The number of hydrogen-bond acceptors (Lipinski definition) is 4. The first-order chi connectivity index (χ1) is 30.1. The molecule has 0 saturated carbocycles. The van der Waals surface area contributed by atoms with E-state index in [-0.39, 0.29) is 0 Å². The highest BCUT2D eigenvalue weighted by Gasteiger charge is 2.31. The molecule has 61 heavy (non-hydrogen) atoms. The van der Waals surface area contributed by atoms with Crippen LogP contribution < -0.4 is 0 Å². The van der Waals surface area contributed by atoms with Gasteiger partial charge in [0.25, 0.3) is 0 Å². The first-order valence-corrected chi connectivity index (χ1v) is 20.8. The average Bonchev–Trinajstić information content (AvgIpc) is 3.86. The maximum Gasteiger partial charge on any atom is 0.159 e. The van der Waals surface area contributed by atoms with Gasteiger partial charge in [-0.2, -0.15) is 0 Å². The standard InChI is InChI=1S/C56H36N4O/c1-59-55(45-23-12-19-35-14-6-8-20-42(35)45)57-54(40-26-25-34-13-2-3-15-36(34)29-40)58-56(59)48-31-39-18-7-9-21-43(39)52-47-33-41(27-28-51(47)61-53(48)52)60-49-24-11-10-22-44(49)46-30-37-16-4-5-17-38(37)32-50(46)60/h2-33,56H,1H3. The number of aliphatic imine (C=N–C) groups is 2. The fourth-order valence-electron chi connectivity index (χ4n) is 9.85. The minimum atomic E-state index is -0.439. The molecular weight excluding hydrogens is 745 g/mol. The number of nitrogens with zero attached hydrogens (tertiary/aromatic N) is 4. The number of fused-ring (bicyclic) bond motifs is 11. The van der Waals surface area contributed by atoms with E-state index in [0.29, 0.717) is 5.84 Å². The first-order valence-electron chi connectivity index (χ1n) is 20.8. The number of furan rings is 1. The van der Waals surface area contributed by atoms with Gasteiger partial charge in [0.05, 0.1) is 11.0 Å². The summed E-state index contributed by atoms with van der Waals surface area (Å²) in [5, 5.41) is 14.0. The molecule has 1 aliphatic rings. The van der Waals surface area contributed by atoms with Crippen molar-refractivity contribution in [1.29, 1.82) is 0 Å². The fourth-order valence-corrected chi connectivity index (χ4v) is 9.85. The van der Waals surface area contributed by atoms with Crippen molar-refractivity contribution in [3.05, 3.63) is 211 Å². The van der Waals surface area contributed by atoms with Gasteiger partial charge in [-0.25, -0.2) is 9.98 Å². The summed E-state index contributed by atoms with van der Waals surface area (Å²) >= 11 is 0. The number of rotatable bonds is 4. The quantitative estimate of drug-likeness (QED) is 0.179. The molecule has 13 rings (SSSR count). The lowest BCUT2D eigenvalue weighted by molar-refractivity contribution is 0.382. The molecule has 0 radical (unpaired) electrons. The molecule has 1 aliphatic heterocycles. The molecule has 0 amide bonds. The molecule has 0 spiro atoms. The third kappa shape index (κ3) is 5.14. The minimum absolute atomic E-state index is 0.439. The number of hydrogen-bond donors (Lipinski definition) is 0. The molecule has 3 heterocycles. The van der Waals surface area contributed by atoms with E-state index in [1.807, 2.05) is 0 Å². The van der Waals surface area contributed by atoms with Crippen molar-refractivity contribution < 1.29 is 4.42 Å². The lowest BCUT2D eigenvalue weighted by Crippen LogP contribution is -2.36. The van der Waals surface area contributed by atoms with Gasteiger partial charge >= 0.3 is 0 Å². The molecule has 1 unspecified atom stereocenters. The highest BCUT2D eigenvalue weighted by atomic mass is 16.3. The van der Waals surface area contributed by atoms with Crippen LogP contribution in [0.5, 0.6) is 0 Å². The van der Waals surface area contributed by atoms with Crippen molar-refractivity contribution >= 4 is 98.5 Å². The first kappa shape index (κ1) is 33.9. The Hall–Kier alpha value is -8.02. The van der Waals surface area contributed by atoms with Crippen LogP contribution in [0.25, 0.3) is 92.5 Å². The normalized spacial score (nSPS) is 14.6.